The van der Waals surface area contributed by atoms with Crippen LogP contribution in [-0.4, -0.2) is 9.97 Å². The van der Waals surface area contributed by atoms with Gasteiger partial charge in [0, 0.05) is 18.0 Å². The third kappa shape index (κ3) is 1.69. The summed E-state index contributed by atoms with van der Waals surface area (Å²) in [6.45, 7) is 0. The summed E-state index contributed by atoms with van der Waals surface area (Å²) in [4.78, 5) is 20.0. The number of hydrogen-bond donors (Lipinski definition) is 0. The summed E-state index contributed by atoms with van der Waals surface area (Å²) in [6.07, 6.45) is 3.26. The van der Waals surface area contributed by atoms with Crippen molar-refractivity contribution in [2.45, 2.75) is 0 Å². The average Bonchev–Trinajstić information content (AvgIpc) is 2.40. The first-order valence-electron chi connectivity index (χ1n) is 5.15. The van der Waals surface area contributed by atoms with Gasteiger partial charge in [-0.3, -0.25) is 4.98 Å². The van der Waals surface area contributed by atoms with Crippen LogP contribution in [0, 0.1) is 0 Å². The molecule has 1 aromatic carbocycles. The van der Waals surface area contributed by atoms with E-state index in [-0.39, 0.29) is 5.63 Å². The fourth-order valence-electron chi connectivity index (χ4n) is 1.64. The average molecular weight is 224 g/mol. The van der Waals surface area contributed by atoms with Gasteiger partial charge in [-0.2, -0.15) is 0 Å². The van der Waals surface area contributed by atoms with E-state index in [1.807, 2.05) is 6.07 Å². The van der Waals surface area contributed by atoms with E-state index in [1.54, 1.807) is 42.7 Å². The fraction of sp³-hybridized carbons (Fsp3) is 0. The first-order chi connectivity index (χ1) is 8.34. The van der Waals surface area contributed by atoms with Gasteiger partial charge in [-0.1, -0.05) is 12.1 Å². The van der Waals surface area contributed by atoms with Gasteiger partial charge < -0.3 is 4.42 Å². The van der Waals surface area contributed by atoms with E-state index >= 15 is 0 Å². The minimum Gasteiger partial charge on any atom is -0.403 e. The van der Waals surface area contributed by atoms with Crippen LogP contribution in [0.5, 0.6) is 0 Å². The van der Waals surface area contributed by atoms with Gasteiger partial charge in [0.25, 0.3) is 0 Å². The second-order valence-corrected chi connectivity index (χ2v) is 3.56. The standard InChI is InChI=1S/C13H8N2O2/c16-13-10-3-1-2-4-11(10)15-12(17-13)9-5-7-14-8-6-9/h1-8H. The number of aromatic nitrogens is 2. The molecule has 0 aliphatic heterocycles. The lowest BCUT2D eigenvalue weighted by atomic mass is 10.2. The van der Waals surface area contributed by atoms with Gasteiger partial charge >= 0.3 is 5.63 Å². The molecular formula is C13H8N2O2. The van der Waals surface area contributed by atoms with E-state index in [0.717, 1.165) is 5.56 Å². The van der Waals surface area contributed by atoms with E-state index < -0.39 is 0 Å². The van der Waals surface area contributed by atoms with E-state index in [0.29, 0.717) is 16.8 Å². The molecule has 0 N–H and O–H groups in total. The lowest BCUT2D eigenvalue weighted by molar-refractivity contribution is 0.518. The molecule has 0 amide bonds. The van der Waals surface area contributed by atoms with Crippen molar-refractivity contribution in [3.8, 4) is 11.5 Å². The SMILES string of the molecule is O=c1oc(-c2ccncc2)nc2ccccc12. The Hall–Kier alpha value is -2.49. The first kappa shape index (κ1) is 9.72. The maximum Gasteiger partial charge on any atom is 0.347 e. The van der Waals surface area contributed by atoms with Crippen molar-refractivity contribution in [2.75, 3.05) is 0 Å². The van der Waals surface area contributed by atoms with Crippen molar-refractivity contribution < 1.29 is 4.42 Å². The zero-order valence-electron chi connectivity index (χ0n) is 8.83. The molecule has 0 radical (unpaired) electrons. The Bertz CT molecular complexity index is 720. The van der Waals surface area contributed by atoms with Crippen LogP contribution in [0.3, 0.4) is 0 Å². The molecule has 0 spiro atoms. The third-order valence-corrected chi connectivity index (χ3v) is 2.46. The number of pyridine rings is 1. The minimum atomic E-state index is -0.373. The smallest absolute Gasteiger partial charge is 0.347 e. The Morgan fingerprint density at radius 3 is 2.59 bits per heavy atom. The molecule has 2 aromatic heterocycles. The molecular weight excluding hydrogens is 216 g/mol. The molecule has 82 valence electrons. The molecule has 0 saturated heterocycles. The van der Waals surface area contributed by atoms with Gasteiger partial charge in [0.05, 0.1) is 10.9 Å². The highest BCUT2D eigenvalue weighted by molar-refractivity contribution is 5.78. The number of benzene rings is 1. The van der Waals surface area contributed by atoms with Crippen LogP contribution in [0.15, 0.2) is 58.0 Å². The Morgan fingerprint density at radius 1 is 1.00 bits per heavy atom. The van der Waals surface area contributed by atoms with Crippen molar-refractivity contribution in [3.05, 3.63) is 59.2 Å². The molecule has 3 rings (SSSR count). The predicted octanol–water partition coefficient (Wildman–Crippen LogP) is 2.25. The lowest BCUT2D eigenvalue weighted by Gasteiger charge is -2.00. The van der Waals surface area contributed by atoms with Crippen LogP contribution in [0.25, 0.3) is 22.4 Å². The monoisotopic (exact) mass is 224 g/mol. The van der Waals surface area contributed by atoms with Crippen LogP contribution in [0.1, 0.15) is 0 Å². The van der Waals surface area contributed by atoms with Gasteiger partial charge in [-0.05, 0) is 24.3 Å². The van der Waals surface area contributed by atoms with Crippen molar-refractivity contribution >= 4 is 10.9 Å². The van der Waals surface area contributed by atoms with Gasteiger partial charge in [0.2, 0.25) is 5.89 Å². The second-order valence-electron chi connectivity index (χ2n) is 3.56. The number of fused-ring (bicyclic) bond motifs is 1. The molecule has 0 atom stereocenters. The summed E-state index contributed by atoms with van der Waals surface area (Å²) in [6, 6.07) is 10.6. The van der Waals surface area contributed by atoms with Crippen LogP contribution >= 0.6 is 0 Å². The molecule has 0 aliphatic carbocycles. The van der Waals surface area contributed by atoms with Gasteiger partial charge in [-0.15, -0.1) is 0 Å². The van der Waals surface area contributed by atoms with Crippen molar-refractivity contribution in [1.29, 1.82) is 0 Å². The fourth-order valence-corrected chi connectivity index (χ4v) is 1.64. The highest BCUT2D eigenvalue weighted by Gasteiger charge is 2.07. The number of hydrogen-bond acceptors (Lipinski definition) is 4. The first-order valence-corrected chi connectivity index (χ1v) is 5.15. The number of nitrogens with zero attached hydrogens (tertiary/aromatic N) is 2. The van der Waals surface area contributed by atoms with Crippen LogP contribution < -0.4 is 5.63 Å². The van der Waals surface area contributed by atoms with Crippen molar-refractivity contribution in [2.24, 2.45) is 0 Å². The molecule has 0 bridgehead atoms. The third-order valence-electron chi connectivity index (χ3n) is 2.46. The van der Waals surface area contributed by atoms with Crippen LogP contribution in [0.2, 0.25) is 0 Å². The molecule has 0 saturated carbocycles. The van der Waals surface area contributed by atoms with Gasteiger partial charge in [0.1, 0.15) is 0 Å². The van der Waals surface area contributed by atoms with E-state index in [2.05, 4.69) is 9.97 Å². The summed E-state index contributed by atoms with van der Waals surface area (Å²) < 4.78 is 5.18. The molecule has 2 heterocycles. The molecule has 3 aromatic rings. The van der Waals surface area contributed by atoms with Crippen LogP contribution in [-0.2, 0) is 0 Å². The lowest BCUT2D eigenvalue weighted by Crippen LogP contribution is -2.02. The van der Waals surface area contributed by atoms with Crippen molar-refractivity contribution in [1.82, 2.24) is 9.97 Å². The molecule has 4 heteroatoms. The quantitative estimate of drug-likeness (QED) is 0.636. The molecule has 0 unspecified atom stereocenters. The van der Waals surface area contributed by atoms with Gasteiger partial charge in [-0.25, -0.2) is 9.78 Å². The second kappa shape index (κ2) is 3.83. The van der Waals surface area contributed by atoms with Gasteiger partial charge in [0.15, 0.2) is 0 Å². The zero-order chi connectivity index (χ0) is 11.7. The number of rotatable bonds is 1. The van der Waals surface area contributed by atoms with E-state index in [1.165, 1.54) is 0 Å². The predicted molar refractivity (Wildman–Crippen MR) is 63.5 cm³/mol. The summed E-state index contributed by atoms with van der Waals surface area (Å²) in [5, 5.41) is 0.491. The Morgan fingerprint density at radius 2 is 1.76 bits per heavy atom. The zero-order valence-corrected chi connectivity index (χ0v) is 8.83. The summed E-state index contributed by atoms with van der Waals surface area (Å²) in [5.41, 5.74) is 1.00. The largest absolute Gasteiger partial charge is 0.403 e. The Labute approximate surface area is 96.6 Å². The topological polar surface area (TPSA) is 56.0 Å². The maximum atomic E-state index is 11.8. The molecule has 4 nitrogen and oxygen atoms in total. The highest BCUT2D eigenvalue weighted by atomic mass is 16.4. The molecule has 0 fully saturated rings. The maximum absolute atomic E-state index is 11.8. The van der Waals surface area contributed by atoms with E-state index in [4.69, 9.17) is 4.42 Å². The Balaban J connectivity index is 2.30. The molecule has 17 heavy (non-hydrogen) atoms. The Kier molecular flexibility index (Phi) is 2.19. The normalized spacial score (nSPS) is 10.6. The molecule has 0 aliphatic rings. The summed E-state index contributed by atoms with van der Waals surface area (Å²) >= 11 is 0. The van der Waals surface area contributed by atoms with Crippen molar-refractivity contribution in [3.63, 3.8) is 0 Å². The summed E-state index contributed by atoms with van der Waals surface area (Å²) in [7, 11) is 0. The highest BCUT2D eigenvalue weighted by Crippen LogP contribution is 2.16. The van der Waals surface area contributed by atoms with Crippen LogP contribution in [0.4, 0.5) is 0 Å². The number of para-hydroxylation sites is 1. The summed E-state index contributed by atoms with van der Waals surface area (Å²) in [5.74, 6) is 0.316. The minimum absolute atomic E-state index is 0.316. The van der Waals surface area contributed by atoms with E-state index in [9.17, 15) is 4.79 Å².